The van der Waals surface area contributed by atoms with Gasteiger partial charge in [-0.2, -0.15) is 5.26 Å². The van der Waals surface area contributed by atoms with Crippen LogP contribution in [0.4, 0.5) is 5.69 Å². The monoisotopic (exact) mass is 432 g/mol. The van der Waals surface area contributed by atoms with E-state index in [9.17, 15) is 4.79 Å². The molecule has 28 heavy (non-hydrogen) atoms. The lowest BCUT2D eigenvalue weighted by Crippen LogP contribution is -2.23. The number of hydrogen-bond acceptors (Lipinski definition) is 6. The van der Waals surface area contributed by atoms with Crippen LogP contribution in [0.15, 0.2) is 47.6 Å². The van der Waals surface area contributed by atoms with Gasteiger partial charge in [0.1, 0.15) is 0 Å². The molecule has 3 rings (SSSR count). The first-order valence-electron chi connectivity index (χ1n) is 8.02. The second-order valence-corrected chi connectivity index (χ2v) is 7.89. The molecule has 10 heteroatoms. The zero-order valence-electron chi connectivity index (χ0n) is 14.6. The number of amides is 1. The number of benzene rings is 2. The highest BCUT2D eigenvalue weighted by molar-refractivity contribution is 8.00. The molecule has 0 saturated heterocycles. The van der Waals surface area contributed by atoms with Gasteiger partial charge in [0, 0.05) is 16.3 Å². The van der Waals surface area contributed by atoms with E-state index in [2.05, 4.69) is 15.5 Å². The minimum absolute atomic E-state index is 0.233. The average Bonchev–Trinajstić information content (AvgIpc) is 3.02. The van der Waals surface area contributed by atoms with Crippen molar-refractivity contribution in [2.45, 2.75) is 17.3 Å². The van der Waals surface area contributed by atoms with E-state index >= 15 is 0 Å². The summed E-state index contributed by atoms with van der Waals surface area (Å²) in [4.78, 5) is 12.4. The van der Waals surface area contributed by atoms with Crippen LogP contribution in [-0.2, 0) is 4.79 Å². The van der Waals surface area contributed by atoms with Gasteiger partial charge in [-0.05, 0) is 49.4 Å². The van der Waals surface area contributed by atoms with Crippen LogP contribution < -0.4 is 11.2 Å². The number of anilines is 1. The lowest BCUT2D eigenvalue weighted by Gasteiger charge is -2.12. The Labute approximate surface area is 175 Å². The molecule has 0 saturated carbocycles. The Balaban J connectivity index is 1.71. The largest absolute Gasteiger partial charge is 0.335 e. The fraction of sp³-hybridized carbons (Fsp3) is 0.111. The Kier molecular flexibility index (Phi) is 6.09. The summed E-state index contributed by atoms with van der Waals surface area (Å²) in [5.41, 5.74) is 1.70. The Morgan fingerprint density at radius 3 is 2.61 bits per heavy atom. The zero-order chi connectivity index (χ0) is 20.3. The highest BCUT2D eigenvalue weighted by Gasteiger charge is 2.21. The number of nitrogens with two attached hydrogens (primary N) is 1. The number of nitriles is 1. The minimum atomic E-state index is -0.490. The van der Waals surface area contributed by atoms with Crippen LogP contribution in [0, 0.1) is 11.3 Å². The summed E-state index contributed by atoms with van der Waals surface area (Å²) in [5.74, 6) is 6.22. The maximum atomic E-state index is 12.4. The van der Waals surface area contributed by atoms with Gasteiger partial charge in [0.2, 0.25) is 11.1 Å². The number of carbonyl (C=O) groups excluding carboxylic acids is 1. The first-order valence-corrected chi connectivity index (χ1v) is 9.66. The molecule has 1 amide bonds. The molecule has 7 nitrogen and oxygen atoms in total. The van der Waals surface area contributed by atoms with Crippen LogP contribution in [-0.4, -0.2) is 26.0 Å². The lowest BCUT2D eigenvalue weighted by atomic mass is 10.2. The molecule has 0 aliphatic carbocycles. The summed E-state index contributed by atoms with van der Waals surface area (Å²) < 4.78 is 1.28. The van der Waals surface area contributed by atoms with E-state index in [4.69, 9.17) is 34.3 Å². The van der Waals surface area contributed by atoms with Crippen molar-refractivity contribution in [3.63, 3.8) is 0 Å². The molecule has 0 spiro atoms. The third kappa shape index (κ3) is 4.39. The number of nitrogen functional groups attached to an aromatic ring is 1. The highest BCUT2D eigenvalue weighted by atomic mass is 35.5. The second kappa shape index (κ2) is 8.52. The number of carbonyl (C=O) groups is 1. The van der Waals surface area contributed by atoms with Gasteiger partial charge in [-0.1, -0.05) is 35.0 Å². The minimum Gasteiger partial charge on any atom is -0.335 e. The Morgan fingerprint density at radius 2 is 1.96 bits per heavy atom. The Morgan fingerprint density at radius 1 is 1.25 bits per heavy atom. The number of nitrogens with one attached hydrogen (secondary N) is 1. The number of thioether (sulfide) groups is 1. The molecule has 1 atom stereocenters. The van der Waals surface area contributed by atoms with Gasteiger partial charge >= 0.3 is 0 Å². The summed E-state index contributed by atoms with van der Waals surface area (Å²) in [6.07, 6.45) is 0. The van der Waals surface area contributed by atoms with Crippen molar-refractivity contribution in [3.05, 3.63) is 58.1 Å². The normalized spacial score (nSPS) is 11.6. The summed E-state index contributed by atoms with van der Waals surface area (Å²) in [7, 11) is 0. The van der Waals surface area contributed by atoms with E-state index < -0.39 is 5.25 Å². The third-order valence-electron chi connectivity index (χ3n) is 3.77. The van der Waals surface area contributed by atoms with Crippen molar-refractivity contribution in [1.82, 2.24) is 14.9 Å². The van der Waals surface area contributed by atoms with Gasteiger partial charge in [0.15, 0.2) is 5.82 Å². The molecule has 0 bridgehead atoms. The van der Waals surface area contributed by atoms with Crippen LogP contribution in [0.5, 0.6) is 0 Å². The molecule has 0 aliphatic heterocycles. The molecule has 142 valence electrons. The number of aromatic nitrogens is 3. The van der Waals surface area contributed by atoms with E-state index in [1.807, 2.05) is 6.07 Å². The van der Waals surface area contributed by atoms with Crippen molar-refractivity contribution in [2.75, 3.05) is 11.2 Å². The van der Waals surface area contributed by atoms with Gasteiger partial charge in [-0.15, -0.1) is 10.2 Å². The van der Waals surface area contributed by atoms with Crippen LogP contribution >= 0.6 is 35.0 Å². The van der Waals surface area contributed by atoms with Gasteiger partial charge in [0.25, 0.3) is 0 Å². The van der Waals surface area contributed by atoms with Crippen molar-refractivity contribution >= 4 is 46.6 Å². The second-order valence-electron chi connectivity index (χ2n) is 5.74. The Bertz CT molecular complexity index is 1060. The van der Waals surface area contributed by atoms with Crippen molar-refractivity contribution in [2.24, 2.45) is 0 Å². The van der Waals surface area contributed by atoms with Crippen molar-refractivity contribution in [3.8, 4) is 17.5 Å². The van der Waals surface area contributed by atoms with E-state index in [1.54, 1.807) is 49.4 Å². The van der Waals surface area contributed by atoms with Gasteiger partial charge in [-0.3, -0.25) is 4.79 Å². The van der Waals surface area contributed by atoms with Crippen LogP contribution in [0.3, 0.4) is 0 Å². The van der Waals surface area contributed by atoms with E-state index in [0.29, 0.717) is 37.8 Å². The summed E-state index contributed by atoms with van der Waals surface area (Å²) in [6.45, 7) is 1.73. The molecule has 0 unspecified atom stereocenters. The van der Waals surface area contributed by atoms with Crippen LogP contribution in [0.1, 0.15) is 12.5 Å². The predicted molar refractivity (Wildman–Crippen MR) is 111 cm³/mol. The maximum Gasteiger partial charge on any atom is 0.237 e. The molecule has 2 aromatic carbocycles. The molecule has 1 aromatic heterocycles. The number of nitrogens with zero attached hydrogens (tertiary/aromatic N) is 4. The topological polar surface area (TPSA) is 110 Å². The average molecular weight is 433 g/mol. The van der Waals surface area contributed by atoms with E-state index in [1.165, 1.54) is 4.68 Å². The van der Waals surface area contributed by atoms with Gasteiger partial charge in [-0.25, -0.2) is 4.68 Å². The number of rotatable bonds is 5. The van der Waals surface area contributed by atoms with Crippen molar-refractivity contribution in [1.29, 1.82) is 5.26 Å². The third-order valence-corrected chi connectivity index (χ3v) is 5.37. The first kappa shape index (κ1) is 20.0. The fourth-order valence-electron chi connectivity index (χ4n) is 2.30. The molecule has 1 heterocycles. The summed E-state index contributed by atoms with van der Waals surface area (Å²) in [6, 6.07) is 13.6. The quantitative estimate of drug-likeness (QED) is 0.466. The Hall–Kier alpha value is -2.73. The zero-order valence-corrected chi connectivity index (χ0v) is 16.9. The smallest absolute Gasteiger partial charge is 0.237 e. The SMILES string of the molecule is C[C@@H](Sc1nnc(-c2ccc(Cl)cc2Cl)n1N)C(=O)Nc1ccc(C#N)cc1. The standard InChI is InChI=1S/C18H14Cl2N6OS/c1-10(17(27)23-13-5-2-11(9-21)3-6-13)28-18-25-24-16(26(18)22)14-7-4-12(19)8-15(14)20/h2-8,10H,22H2,1H3,(H,23,27)/t10-/m1/s1. The predicted octanol–water partition coefficient (Wildman–Crippen LogP) is 3.96. The van der Waals surface area contributed by atoms with Gasteiger partial charge < -0.3 is 11.2 Å². The molecular weight excluding hydrogens is 419 g/mol. The molecule has 0 aliphatic rings. The van der Waals surface area contributed by atoms with Crippen molar-refractivity contribution < 1.29 is 4.79 Å². The van der Waals surface area contributed by atoms with E-state index in [-0.39, 0.29) is 5.91 Å². The first-order chi connectivity index (χ1) is 13.4. The number of halogens is 2. The molecule has 3 aromatic rings. The maximum absolute atomic E-state index is 12.4. The lowest BCUT2D eigenvalue weighted by molar-refractivity contribution is -0.115. The molecule has 3 N–H and O–H groups in total. The van der Waals surface area contributed by atoms with Crippen LogP contribution in [0.2, 0.25) is 10.0 Å². The van der Waals surface area contributed by atoms with E-state index in [0.717, 1.165) is 11.8 Å². The fourth-order valence-corrected chi connectivity index (χ4v) is 3.56. The molecule has 0 fully saturated rings. The van der Waals surface area contributed by atoms with Crippen LogP contribution in [0.25, 0.3) is 11.4 Å². The highest BCUT2D eigenvalue weighted by Crippen LogP contribution is 2.31. The molecule has 0 radical (unpaired) electrons. The van der Waals surface area contributed by atoms with Gasteiger partial charge in [0.05, 0.1) is 21.9 Å². The molecular formula is C18H14Cl2N6OS. The summed E-state index contributed by atoms with van der Waals surface area (Å²) in [5, 5.41) is 20.5. The summed E-state index contributed by atoms with van der Waals surface area (Å²) >= 11 is 13.3. The number of hydrogen-bond donors (Lipinski definition) is 2.